The van der Waals surface area contributed by atoms with E-state index in [4.69, 9.17) is 0 Å². The maximum absolute atomic E-state index is 10.8. The van der Waals surface area contributed by atoms with Crippen molar-refractivity contribution in [1.29, 1.82) is 0 Å². The Morgan fingerprint density at radius 2 is 0.968 bits per heavy atom. The highest BCUT2D eigenvalue weighted by Crippen LogP contribution is 2.42. The summed E-state index contributed by atoms with van der Waals surface area (Å²) in [6.45, 7) is 16.7. The molecule has 3 rings (SSSR count). The maximum atomic E-state index is 10.8. The Labute approximate surface area is 187 Å². The van der Waals surface area contributed by atoms with Crippen molar-refractivity contribution >= 4 is 0 Å². The van der Waals surface area contributed by atoms with E-state index in [9.17, 15) is 10.2 Å². The van der Waals surface area contributed by atoms with Gasteiger partial charge in [-0.3, -0.25) is 0 Å². The van der Waals surface area contributed by atoms with Crippen LogP contribution in [-0.2, 0) is 10.8 Å². The smallest absolute Gasteiger partial charge is 0.122 e. The first-order chi connectivity index (χ1) is 14.3. The van der Waals surface area contributed by atoms with Gasteiger partial charge in [0.05, 0.1) is 0 Å². The van der Waals surface area contributed by atoms with Crippen LogP contribution in [0.2, 0.25) is 0 Å². The number of rotatable bonds is 3. The van der Waals surface area contributed by atoms with Crippen LogP contribution in [0.3, 0.4) is 0 Å². The molecule has 2 N–H and O–H groups in total. The fraction of sp³-hybridized carbons (Fsp3) is 0.379. The number of aromatic hydroxyl groups is 2. The predicted molar refractivity (Wildman–Crippen MR) is 130 cm³/mol. The quantitative estimate of drug-likeness (QED) is 0.434. The van der Waals surface area contributed by atoms with Crippen molar-refractivity contribution in [3.63, 3.8) is 0 Å². The summed E-state index contributed by atoms with van der Waals surface area (Å²) in [6.07, 6.45) is 0. The molecule has 0 radical (unpaired) electrons. The molecule has 0 aromatic heterocycles. The van der Waals surface area contributed by atoms with Crippen LogP contribution in [0.5, 0.6) is 11.5 Å². The van der Waals surface area contributed by atoms with E-state index in [1.54, 1.807) is 0 Å². The molecule has 0 bridgehead atoms. The topological polar surface area (TPSA) is 40.5 Å². The van der Waals surface area contributed by atoms with Crippen molar-refractivity contribution < 1.29 is 10.2 Å². The number of hydrogen-bond acceptors (Lipinski definition) is 2. The van der Waals surface area contributed by atoms with Gasteiger partial charge in [0.25, 0.3) is 0 Å². The van der Waals surface area contributed by atoms with E-state index in [0.717, 1.165) is 33.4 Å². The van der Waals surface area contributed by atoms with Gasteiger partial charge in [-0.1, -0.05) is 96.1 Å². The second kappa shape index (κ2) is 8.07. The van der Waals surface area contributed by atoms with E-state index in [2.05, 4.69) is 90.1 Å². The van der Waals surface area contributed by atoms with E-state index in [1.165, 1.54) is 5.56 Å². The van der Waals surface area contributed by atoms with Crippen LogP contribution in [0.15, 0.2) is 54.6 Å². The summed E-state index contributed by atoms with van der Waals surface area (Å²) in [4.78, 5) is 0. The van der Waals surface area contributed by atoms with Crippen LogP contribution in [0.1, 0.15) is 86.4 Å². The van der Waals surface area contributed by atoms with Crippen molar-refractivity contribution in [2.24, 2.45) is 0 Å². The summed E-state index contributed by atoms with van der Waals surface area (Å²) in [5.74, 6) is 0.752. The maximum Gasteiger partial charge on any atom is 0.122 e. The molecule has 0 fully saturated rings. The second-order valence-electron chi connectivity index (χ2n) is 10.8. The van der Waals surface area contributed by atoms with Gasteiger partial charge in [0.1, 0.15) is 11.5 Å². The van der Waals surface area contributed by atoms with Gasteiger partial charge in [-0.2, -0.15) is 0 Å². The van der Waals surface area contributed by atoms with Crippen LogP contribution in [0.25, 0.3) is 0 Å². The molecule has 2 heteroatoms. The third-order valence-electron chi connectivity index (χ3n) is 6.06. The van der Waals surface area contributed by atoms with Gasteiger partial charge in [-0.25, -0.2) is 0 Å². The van der Waals surface area contributed by atoms with Crippen LogP contribution in [0, 0.1) is 13.8 Å². The first kappa shape index (κ1) is 22.9. The zero-order valence-corrected chi connectivity index (χ0v) is 20.2. The summed E-state index contributed by atoms with van der Waals surface area (Å²) in [5, 5.41) is 21.6. The SMILES string of the molecule is Cc1cc(C(c2ccccc2)c2cc(C)c(O)c(C(C)(C)C)c2)cc(C(C)(C)C)c1O. The molecule has 0 atom stereocenters. The molecule has 31 heavy (non-hydrogen) atoms. The minimum atomic E-state index is -0.173. The highest BCUT2D eigenvalue weighted by atomic mass is 16.3. The van der Waals surface area contributed by atoms with Crippen LogP contribution in [-0.4, -0.2) is 10.2 Å². The Morgan fingerprint density at radius 3 is 1.32 bits per heavy atom. The molecule has 3 aromatic carbocycles. The van der Waals surface area contributed by atoms with Crippen LogP contribution >= 0.6 is 0 Å². The number of benzene rings is 3. The fourth-order valence-corrected chi connectivity index (χ4v) is 4.31. The molecule has 164 valence electrons. The fourth-order valence-electron chi connectivity index (χ4n) is 4.31. The molecular weight excluding hydrogens is 380 g/mol. The summed E-state index contributed by atoms with van der Waals surface area (Å²) in [7, 11) is 0. The standard InChI is InChI=1S/C29H36O2/c1-18-14-21(16-23(26(18)30)28(3,4)5)25(20-12-10-9-11-13-20)22-15-19(2)27(31)24(17-22)29(6,7)8/h9-17,25,30-31H,1-8H3. The molecule has 0 aliphatic carbocycles. The summed E-state index contributed by atoms with van der Waals surface area (Å²) >= 11 is 0. The average molecular weight is 417 g/mol. The van der Waals surface area contributed by atoms with E-state index >= 15 is 0 Å². The zero-order chi connectivity index (χ0) is 23.1. The molecule has 3 aromatic rings. The summed E-state index contributed by atoms with van der Waals surface area (Å²) in [6, 6.07) is 19.0. The van der Waals surface area contributed by atoms with Gasteiger partial charge < -0.3 is 10.2 Å². The molecular formula is C29H36O2. The van der Waals surface area contributed by atoms with Gasteiger partial charge in [0.2, 0.25) is 0 Å². The molecule has 0 aliphatic rings. The molecule has 0 spiro atoms. The Bertz CT molecular complexity index is 1010. The zero-order valence-electron chi connectivity index (χ0n) is 20.2. The lowest BCUT2D eigenvalue weighted by molar-refractivity contribution is 0.442. The van der Waals surface area contributed by atoms with Crippen molar-refractivity contribution in [1.82, 2.24) is 0 Å². The Morgan fingerprint density at radius 1 is 0.581 bits per heavy atom. The Kier molecular flexibility index (Phi) is 5.97. The average Bonchev–Trinajstić information content (AvgIpc) is 2.66. The van der Waals surface area contributed by atoms with Gasteiger partial charge in [0.15, 0.2) is 0 Å². The molecule has 0 saturated carbocycles. The molecule has 0 saturated heterocycles. The van der Waals surface area contributed by atoms with Gasteiger partial charge in [-0.15, -0.1) is 0 Å². The van der Waals surface area contributed by atoms with E-state index in [-0.39, 0.29) is 16.7 Å². The molecule has 0 heterocycles. The van der Waals surface area contributed by atoms with Crippen molar-refractivity contribution in [3.05, 3.63) is 93.5 Å². The van der Waals surface area contributed by atoms with Gasteiger partial charge in [0, 0.05) is 5.92 Å². The highest BCUT2D eigenvalue weighted by Gasteiger charge is 2.27. The molecule has 0 aliphatic heterocycles. The summed E-state index contributed by atoms with van der Waals surface area (Å²) < 4.78 is 0. The lowest BCUT2D eigenvalue weighted by Crippen LogP contribution is -2.15. The third kappa shape index (κ3) is 4.63. The second-order valence-corrected chi connectivity index (χ2v) is 10.8. The predicted octanol–water partition coefficient (Wildman–Crippen LogP) is 7.49. The number of phenols is 2. The van der Waals surface area contributed by atoms with E-state index < -0.39 is 0 Å². The monoisotopic (exact) mass is 416 g/mol. The van der Waals surface area contributed by atoms with Crippen LogP contribution < -0.4 is 0 Å². The van der Waals surface area contributed by atoms with Gasteiger partial charge in [-0.05, 0) is 63.6 Å². The minimum absolute atomic E-state index is 0.00185. The Hall–Kier alpha value is -2.74. The lowest BCUT2D eigenvalue weighted by Gasteiger charge is -2.28. The first-order valence-electron chi connectivity index (χ1n) is 11.0. The van der Waals surface area contributed by atoms with Crippen molar-refractivity contribution in [2.75, 3.05) is 0 Å². The van der Waals surface area contributed by atoms with Crippen LogP contribution in [0.4, 0.5) is 0 Å². The molecule has 0 unspecified atom stereocenters. The molecule has 0 amide bonds. The summed E-state index contributed by atoms with van der Waals surface area (Å²) in [5.41, 5.74) is 6.82. The van der Waals surface area contributed by atoms with E-state index in [0.29, 0.717) is 11.5 Å². The molecule has 2 nitrogen and oxygen atoms in total. The normalized spacial score (nSPS) is 12.4. The lowest BCUT2D eigenvalue weighted by atomic mass is 9.77. The van der Waals surface area contributed by atoms with Crippen molar-refractivity contribution in [3.8, 4) is 11.5 Å². The third-order valence-corrected chi connectivity index (χ3v) is 6.06. The van der Waals surface area contributed by atoms with Gasteiger partial charge >= 0.3 is 0 Å². The number of aryl methyl sites for hydroxylation is 2. The first-order valence-corrected chi connectivity index (χ1v) is 11.0. The highest BCUT2D eigenvalue weighted by molar-refractivity contribution is 5.55. The minimum Gasteiger partial charge on any atom is -0.507 e. The Balaban J connectivity index is 2.34. The van der Waals surface area contributed by atoms with E-state index in [1.807, 2.05) is 19.9 Å². The van der Waals surface area contributed by atoms with Crippen molar-refractivity contribution in [2.45, 2.75) is 72.1 Å². The number of phenolic OH excluding ortho intramolecular Hbond substituents is 2. The number of hydrogen-bond donors (Lipinski definition) is 2. The largest absolute Gasteiger partial charge is 0.507 e.